The average molecular weight is 302 g/mol. The van der Waals surface area contributed by atoms with Crippen LogP contribution in [0.25, 0.3) is 0 Å². The third kappa shape index (κ3) is 4.10. The van der Waals surface area contributed by atoms with Crippen LogP contribution in [0.1, 0.15) is 18.4 Å². The van der Waals surface area contributed by atoms with Gasteiger partial charge in [0.2, 0.25) is 0 Å². The fourth-order valence-corrected chi connectivity index (χ4v) is 2.70. The summed E-state index contributed by atoms with van der Waals surface area (Å²) >= 11 is 0. The summed E-state index contributed by atoms with van der Waals surface area (Å²) in [6.07, 6.45) is 0.286. The predicted molar refractivity (Wildman–Crippen MR) is 70.6 cm³/mol. The first-order valence-corrected chi connectivity index (χ1v) is 6.81. The first-order chi connectivity index (χ1) is 9.97. The van der Waals surface area contributed by atoms with Crippen molar-refractivity contribution in [1.82, 2.24) is 10.6 Å². The number of carbonyl (C=O) groups is 1. The van der Waals surface area contributed by atoms with Crippen LogP contribution >= 0.6 is 0 Å². The van der Waals surface area contributed by atoms with Crippen LogP contribution in [-0.4, -0.2) is 30.3 Å². The van der Waals surface area contributed by atoms with E-state index in [0.29, 0.717) is 6.07 Å². The van der Waals surface area contributed by atoms with Gasteiger partial charge in [-0.15, -0.1) is 0 Å². The minimum atomic E-state index is -1.25. The highest BCUT2D eigenvalue weighted by Gasteiger charge is 2.26. The molecule has 0 aromatic heterocycles. The number of piperidine rings is 1. The maximum Gasteiger partial charge on any atom is 0.404 e. The lowest BCUT2D eigenvalue weighted by molar-refractivity contribution is 0.179. The molecule has 0 saturated carbocycles. The standard InChI is InChI=1S/C14H17F3N2O2/c15-10-7-12(17)11(16)5-9(10)6-13(19-14(20)21)8-1-3-18-4-2-8/h5,7-8,13,18-19H,1-4,6H2,(H,20,21). The number of rotatable bonds is 4. The number of halogens is 3. The summed E-state index contributed by atoms with van der Waals surface area (Å²) in [5.41, 5.74) is -0.0221. The minimum Gasteiger partial charge on any atom is -0.465 e. The van der Waals surface area contributed by atoms with E-state index in [9.17, 15) is 18.0 Å². The fraction of sp³-hybridized carbons (Fsp3) is 0.500. The molecule has 7 heteroatoms. The minimum absolute atomic E-state index is 0. The zero-order valence-electron chi connectivity index (χ0n) is 11.3. The molecule has 4 nitrogen and oxygen atoms in total. The summed E-state index contributed by atoms with van der Waals surface area (Å²) in [7, 11) is 0. The van der Waals surface area contributed by atoms with Crippen molar-refractivity contribution in [3.8, 4) is 0 Å². The number of nitrogens with one attached hydrogen (secondary N) is 2. The molecule has 1 fully saturated rings. The van der Waals surface area contributed by atoms with Crippen molar-refractivity contribution >= 4 is 6.09 Å². The van der Waals surface area contributed by atoms with Gasteiger partial charge in [-0.2, -0.15) is 0 Å². The molecular weight excluding hydrogens is 285 g/mol. The zero-order chi connectivity index (χ0) is 15.4. The fourth-order valence-electron chi connectivity index (χ4n) is 2.70. The molecule has 1 atom stereocenters. The summed E-state index contributed by atoms with van der Waals surface area (Å²) in [6.45, 7) is 1.51. The van der Waals surface area contributed by atoms with Gasteiger partial charge in [0.25, 0.3) is 0 Å². The number of carboxylic acid groups (broad SMARTS) is 1. The van der Waals surface area contributed by atoms with Gasteiger partial charge in [0.1, 0.15) is 5.82 Å². The van der Waals surface area contributed by atoms with E-state index in [1.54, 1.807) is 0 Å². The molecule has 0 radical (unpaired) electrons. The lowest BCUT2D eigenvalue weighted by Crippen LogP contribution is -2.45. The van der Waals surface area contributed by atoms with Crippen LogP contribution in [0, 0.1) is 23.4 Å². The number of benzene rings is 1. The van der Waals surface area contributed by atoms with Gasteiger partial charge in [0.05, 0.1) is 0 Å². The molecule has 1 unspecified atom stereocenters. The van der Waals surface area contributed by atoms with E-state index in [4.69, 9.17) is 5.11 Å². The Labute approximate surface area is 120 Å². The summed E-state index contributed by atoms with van der Waals surface area (Å²) in [5, 5.41) is 14.4. The summed E-state index contributed by atoms with van der Waals surface area (Å²) < 4.78 is 39.9. The molecule has 1 aliphatic heterocycles. The van der Waals surface area contributed by atoms with E-state index in [-0.39, 0.29) is 17.9 Å². The van der Waals surface area contributed by atoms with E-state index < -0.39 is 29.6 Å². The third-order valence-corrected chi connectivity index (χ3v) is 3.79. The Morgan fingerprint density at radius 2 is 1.86 bits per heavy atom. The molecule has 1 aliphatic rings. The second-order valence-electron chi connectivity index (χ2n) is 5.21. The van der Waals surface area contributed by atoms with Gasteiger partial charge in [0, 0.05) is 12.1 Å². The van der Waals surface area contributed by atoms with Crippen LogP contribution in [0.4, 0.5) is 18.0 Å². The van der Waals surface area contributed by atoms with E-state index in [1.165, 1.54) is 0 Å². The van der Waals surface area contributed by atoms with Gasteiger partial charge in [-0.1, -0.05) is 0 Å². The van der Waals surface area contributed by atoms with Crippen LogP contribution in [0.2, 0.25) is 0 Å². The lowest BCUT2D eigenvalue weighted by Gasteiger charge is -2.30. The SMILES string of the molecule is O=C(O)NC(Cc1cc(F)c(F)cc1F)C1CCNCC1. The Hall–Kier alpha value is -1.76. The molecule has 1 aromatic rings. The van der Waals surface area contributed by atoms with Gasteiger partial charge >= 0.3 is 6.09 Å². The molecule has 0 aliphatic carbocycles. The Balaban J connectivity index is 2.17. The first-order valence-electron chi connectivity index (χ1n) is 6.81. The Kier molecular flexibility index (Phi) is 5.06. The molecule has 1 aromatic carbocycles. The zero-order valence-corrected chi connectivity index (χ0v) is 11.3. The monoisotopic (exact) mass is 302 g/mol. The maximum atomic E-state index is 13.7. The largest absolute Gasteiger partial charge is 0.465 e. The van der Waals surface area contributed by atoms with Crippen molar-refractivity contribution in [3.63, 3.8) is 0 Å². The third-order valence-electron chi connectivity index (χ3n) is 3.79. The molecule has 0 spiro atoms. The molecule has 1 saturated heterocycles. The van der Waals surface area contributed by atoms with Crippen molar-refractivity contribution in [2.75, 3.05) is 13.1 Å². The molecule has 0 bridgehead atoms. The van der Waals surface area contributed by atoms with Gasteiger partial charge in [0.15, 0.2) is 11.6 Å². The van der Waals surface area contributed by atoms with Crippen molar-refractivity contribution in [2.24, 2.45) is 5.92 Å². The van der Waals surface area contributed by atoms with E-state index >= 15 is 0 Å². The Bertz CT molecular complexity index is 519. The molecule has 1 amide bonds. The molecular formula is C14H17F3N2O2. The average Bonchev–Trinajstić information content (AvgIpc) is 2.44. The van der Waals surface area contributed by atoms with Crippen molar-refractivity contribution in [1.29, 1.82) is 0 Å². The summed E-state index contributed by atoms with van der Waals surface area (Å²) in [4.78, 5) is 10.9. The molecule has 3 N–H and O–H groups in total. The second kappa shape index (κ2) is 6.80. The van der Waals surface area contributed by atoms with Crippen LogP contribution in [0.15, 0.2) is 12.1 Å². The Morgan fingerprint density at radius 1 is 1.24 bits per heavy atom. The normalized spacial score (nSPS) is 17.5. The van der Waals surface area contributed by atoms with Crippen LogP contribution in [-0.2, 0) is 6.42 Å². The van der Waals surface area contributed by atoms with Gasteiger partial charge in [-0.05, 0) is 49.9 Å². The predicted octanol–water partition coefficient (Wildman–Crippen LogP) is 2.28. The summed E-state index contributed by atoms with van der Waals surface area (Å²) in [6, 6.07) is 0.761. The number of amides is 1. The smallest absolute Gasteiger partial charge is 0.404 e. The van der Waals surface area contributed by atoms with Crippen molar-refractivity contribution in [2.45, 2.75) is 25.3 Å². The van der Waals surface area contributed by atoms with Crippen molar-refractivity contribution in [3.05, 3.63) is 35.1 Å². The van der Waals surface area contributed by atoms with Gasteiger partial charge < -0.3 is 15.7 Å². The van der Waals surface area contributed by atoms with Crippen LogP contribution in [0.5, 0.6) is 0 Å². The van der Waals surface area contributed by atoms with Gasteiger partial charge in [-0.25, -0.2) is 18.0 Å². The topological polar surface area (TPSA) is 61.4 Å². The molecule has 2 rings (SSSR count). The van der Waals surface area contributed by atoms with Crippen molar-refractivity contribution < 1.29 is 23.1 Å². The quantitative estimate of drug-likeness (QED) is 0.748. The lowest BCUT2D eigenvalue weighted by atomic mass is 9.86. The highest BCUT2D eigenvalue weighted by molar-refractivity contribution is 5.65. The molecule has 1 heterocycles. The molecule has 116 valence electrons. The van der Waals surface area contributed by atoms with E-state index in [0.717, 1.165) is 32.0 Å². The molecule has 21 heavy (non-hydrogen) atoms. The first kappa shape index (κ1) is 15.6. The van der Waals surface area contributed by atoms with E-state index in [1.807, 2.05) is 0 Å². The van der Waals surface area contributed by atoms with E-state index in [2.05, 4.69) is 10.6 Å². The highest BCUT2D eigenvalue weighted by atomic mass is 19.2. The second-order valence-corrected chi connectivity index (χ2v) is 5.21. The van der Waals surface area contributed by atoms with Crippen LogP contribution in [0.3, 0.4) is 0 Å². The van der Waals surface area contributed by atoms with Crippen LogP contribution < -0.4 is 10.6 Å². The number of hydrogen-bond donors (Lipinski definition) is 3. The number of hydrogen-bond acceptors (Lipinski definition) is 2. The maximum absolute atomic E-state index is 13.7. The van der Waals surface area contributed by atoms with Gasteiger partial charge in [-0.3, -0.25) is 0 Å². The Morgan fingerprint density at radius 3 is 2.48 bits per heavy atom. The summed E-state index contributed by atoms with van der Waals surface area (Å²) in [5.74, 6) is -3.21. The highest BCUT2D eigenvalue weighted by Crippen LogP contribution is 2.22.